The Morgan fingerprint density at radius 3 is 1.52 bits per heavy atom. The van der Waals surface area contributed by atoms with E-state index in [2.05, 4.69) is 10.6 Å². The average molecular weight is 389 g/mol. The first-order valence-corrected chi connectivity index (χ1v) is 10.2. The Hall–Kier alpha value is -2.41. The van der Waals surface area contributed by atoms with Crippen molar-refractivity contribution in [2.75, 3.05) is 24.6 Å². The molecule has 0 aliphatic heterocycles. The van der Waals surface area contributed by atoms with Gasteiger partial charge in [0.1, 0.15) is 0 Å². The molecule has 0 aliphatic carbocycles. The second-order valence-corrected chi connectivity index (χ2v) is 7.63. The zero-order valence-electron chi connectivity index (χ0n) is 16.0. The minimum absolute atomic E-state index is 0.00729. The molecule has 2 rings (SSSR count). The highest BCUT2D eigenvalue weighted by atomic mass is 32.2. The molecule has 0 aromatic carbocycles. The van der Waals surface area contributed by atoms with Crippen LogP contribution < -0.4 is 19.8 Å². The third kappa shape index (κ3) is 8.68. The van der Waals surface area contributed by atoms with Crippen LogP contribution in [0, 0.1) is 13.8 Å². The molecular weight excluding hydrogens is 360 g/mol. The van der Waals surface area contributed by atoms with Gasteiger partial charge in [-0.15, -0.1) is 0 Å². The van der Waals surface area contributed by atoms with Crippen molar-refractivity contribution in [2.24, 2.45) is 0 Å². The van der Waals surface area contributed by atoms with E-state index in [-0.39, 0.29) is 11.8 Å². The van der Waals surface area contributed by atoms with Gasteiger partial charge in [-0.05, 0) is 25.0 Å². The fourth-order valence-corrected chi connectivity index (χ4v) is 3.04. The van der Waals surface area contributed by atoms with Gasteiger partial charge in [0, 0.05) is 48.9 Å². The fraction of sp³-hybridized carbons (Fsp3) is 0.400. The van der Waals surface area contributed by atoms with Crippen molar-refractivity contribution in [3.63, 3.8) is 0 Å². The third-order valence-electron chi connectivity index (χ3n) is 3.91. The largest absolute Gasteiger partial charge is 0.350 e. The van der Waals surface area contributed by atoms with Crippen LogP contribution in [0.2, 0.25) is 0 Å². The summed E-state index contributed by atoms with van der Waals surface area (Å²) in [7, 11) is 0. The van der Waals surface area contributed by atoms with Gasteiger partial charge in [-0.2, -0.15) is 20.9 Å². The van der Waals surface area contributed by atoms with E-state index >= 15 is 0 Å². The van der Waals surface area contributed by atoms with Crippen molar-refractivity contribution < 1.29 is 18.7 Å². The van der Waals surface area contributed by atoms with Gasteiger partial charge in [0.25, 0.3) is 11.8 Å². The first kappa shape index (κ1) is 20.9. The van der Waals surface area contributed by atoms with E-state index in [9.17, 15) is 9.59 Å². The maximum atomic E-state index is 11.9. The Kier molecular flexibility index (Phi) is 8.77. The maximum absolute atomic E-state index is 11.9. The second kappa shape index (κ2) is 11.3. The lowest BCUT2D eigenvalue weighted by molar-refractivity contribution is -0.684. The number of amides is 2. The summed E-state index contributed by atoms with van der Waals surface area (Å²) in [5.41, 5.74) is 2.35. The van der Waals surface area contributed by atoms with Crippen molar-refractivity contribution in [1.29, 1.82) is 0 Å². The lowest BCUT2D eigenvalue weighted by Gasteiger charge is -2.05. The van der Waals surface area contributed by atoms with E-state index in [1.807, 2.05) is 72.0 Å². The lowest BCUT2D eigenvalue weighted by Crippen LogP contribution is -2.43. The predicted octanol–water partition coefficient (Wildman–Crippen LogP) is 0.544. The standard InChI is InChI=1S/C20H26N4O2S/c1-17-3-9-23(10-4-17)15-19(25)21-7-13-27-14-8-22-20(26)16-24-11-5-18(2)6-12-24/h3-6,9-12H,7-8,13-16H2,1-2H3/p+2. The molecule has 2 amide bonds. The summed E-state index contributed by atoms with van der Waals surface area (Å²) in [4.78, 5) is 23.7. The van der Waals surface area contributed by atoms with Gasteiger partial charge < -0.3 is 10.6 Å². The number of hydrogen-bond acceptors (Lipinski definition) is 3. The van der Waals surface area contributed by atoms with Gasteiger partial charge in [-0.3, -0.25) is 9.59 Å². The number of rotatable bonds is 10. The smallest absolute Gasteiger partial charge is 0.286 e. The van der Waals surface area contributed by atoms with E-state index in [0.717, 1.165) is 11.5 Å². The van der Waals surface area contributed by atoms with E-state index in [1.165, 1.54) is 11.1 Å². The number of hydrogen-bond donors (Lipinski definition) is 2. The highest BCUT2D eigenvalue weighted by Gasteiger charge is 2.09. The van der Waals surface area contributed by atoms with Crippen molar-refractivity contribution >= 4 is 23.6 Å². The van der Waals surface area contributed by atoms with Crippen molar-refractivity contribution in [3.05, 3.63) is 60.2 Å². The monoisotopic (exact) mass is 388 g/mol. The number of aromatic nitrogens is 2. The van der Waals surface area contributed by atoms with Gasteiger partial charge in [0.15, 0.2) is 24.8 Å². The molecule has 2 N–H and O–H groups in total. The number of carbonyl (C=O) groups excluding carboxylic acids is 2. The topological polar surface area (TPSA) is 66.0 Å². The van der Waals surface area contributed by atoms with Crippen LogP contribution in [0.4, 0.5) is 0 Å². The van der Waals surface area contributed by atoms with Crippen LogP contribution in [0.25, 0.3) is 0 Å². The number of thioether (sulfide) groups is 1. The lowest BCUT2D eigenvalue weighted by atomic mass is 10.3. The normalized spacial score (nSPS) is 10.4. The number of nitrogens with one attached hydrogen (secondary N) is 2. The summed E-state index contributed by atoms with van der Waals surface area (Å²) < 4.78 is 3.72. The first-order valence-electron chi connectivity index (χ1n) is 9.05. The maximum Gasteiger partial charge on any atom is 0.286 e. The van der Waals surface area contributed by atoms with E-state index in [4.69, 9.17) is 0 Å². The van der Waals surface area contributed by atoms with E-state index < -0.39 is 0 Å². The molecule has 7 heteroatoms. The number of carbonyl (C=O) groups is 2. The Bertz CT molecular complexity index is 669. The summed E-state index contributed by atoms with van der Waals surface area (Å²) in [6.45, 7) is 5.96. The SMILES string of the molecule is Cc1cc[n+](CC(=O)NCCSCCNC(=O)C[n+]2ccc(C)cc2)cc1. The molecule has 0 saturated carbocycles. The van der Waals surface area contributed by atoms with Crippen LogP contribution >= 0.6 is 11.8 Å². The molecule has 6 nitrogen and oxygen atoms in total. The summed E-state index contributed by atoms with van der Waals surface area (Å²) in [6.07, 6.45) is 7.62. The fourth-order valence-electron chi connectivity index (χ4n) is 2.35. The molecule has 2 heterocycles. The van der Waals surface area contributed by atoms with Crippen LogP contribution in [0.1, 0.15) is 11.1 Å². The van der Waals surface area contributed by atoms with Crippen LogP contribution in [0.15, 0.2) is 49.1 Å². The first-order chi connectivity index (χ1) is 13.0. The minimum atomic E-state index is 0.00729. The van der Waals surface area contributed by atoms with Crippen molar-refractivity contribution in [2.45, 2.75) is 26.9 Å². The van der Waals surface area contributed by atoms with Gasteiger partial charge in [0.2, 0.25) is 13.1 Å². The molecular formula is C20H28N4O2S+2. The summed E-state index contributed by atoms with van der Waals surface area (Å²) in [6, 6.07) is 7.92. The number of pyridine rings is 2. The molecule has 2 aromatic heterocycles. The summed E-state index contributed by atoms with van der Waals surface area (Å²) in [5.74, 6) is 1.67. The zero-order chi connectivity index (χ0) is 19.5. The van der Waals surface area contributed by atoms with Crippen molar-refractivity contribution in [1.82, 2.24) is 10.6 Å². The highest BCUT2D eigenvalue weighted by molar-refractivity contribution is 7.99. The molecule has 0 fully saturated rings. The third-order valence-corrected chi connectivity index (χ3v) is 4.89. The van der Waals surface area contributed by atoms with Crippen molar-refractivity contribution in [3.8, 4) is 0 Å². The van der Waals surface area contributed by atoms with Gasteiger partial charge >= 0.3 is 0 Å². The summed E-state index contributed by atoms with van der Waals surface area (Å²) >= 11 is 1.71. The van der Waals surface area contributed by atoms with E-state index in [0.29, 0.717) is 26.2 Å². The van der Waals surface area contributed by atoms with Crippen LogP contribution in [0.5, 0.6) is 0 Å². The van der Waals surface area contributed by atoms with Gasteiger partial charge in [0.05, 0.1) is 0 Å². The Morgan fingerprint density at radius 2 is 1.15 bits per heavy atom. The summed E-state index contributed by atoms with van der Waals surface area (Å²) in [5, 5.41) is 5.82. The minimum Gasteiger partial charge on any atom is -0.350 e. The highest BCUT2D eigenvalue weighted by Crippen LogP contribution is 1.96. The molecule has 0 aliphatic rings. The Morgan fingerprint density at radius 1 is 0.778 bits per heavy atom. The van der Waals surface area contributed by atoms with Crippen LogP contribution in [0.3, 0.4) is 0 Å². The molecule has 0 unspecified atom stereocenters. The molecule has 0 radical (unpaired) electrons. The van der Waals surface area contributed by atoms with Crippen LogP contribution in [-0.2, 0) is 22.7 Å². The van der Waals surface area contributed by atoms with Crippen LogP contribution in [-0.4, -0.2) is 36.4 Å². The second-order valence-electron chi connectivity index (χ2n) is 6.41. The van der Waals surface area contributed by atoms with Gasteiger partial charge in [-0.25, -0.2) is 0 Å². The Balaban J connectivity index is 1.49. The number of aryl methyl sites for hydroxylation is 2. The quantitative estimate of drug-likeness (QED) is 0.461. The molecule has 27 heavy (non-hydrogen) atoms. The molecule has 0 spiro atoms. The Labute approximate surface area is 165 Å². The number of nitrogens with zero attached hydrogens (tertiary/aromatic N) is 2. The zero-order valence-corrected chi connectivity index (χ0v) is 16.8. The molecule has 0 bridgehead atoms. The predicted molar refractivity (Wildman–Crippen MR) is 106 cm³/mol. The molecule has 0 atom stereocenters. The molecule has 0 saturated heterocycles. The van der Waals surface area contributed by atoms with E-state index in [1.54, 1.807) is 11.8 Å². The molecule has 2 aromatic rings. The van der Waals surface area contributed by atoms with Gasteiger partial charge in [-0.1, -0.05) is 0 Å². The average Bonchev–Trinajstić information content (AvgIpc) is 2.65. The molecule has 144 valence electrons.